The van der Waals surface area contributed by atoms with E-state index < -0.39 is 11.9 Å². The van der Waals surface area contributed by atoms with Gasteiger partial charge in [-0.15, -0.1) is 0 Å². The Kier molecular flexibility index (Phi) is 2.92. The molecule has 2 heterocycles. The molecule has 1 fully saturated rings. The average molecular weight is 281 g/mol. The monoisotopic (exact) mass is 281 g/mol. The largest absolute Gasteiger partial charge is 0.478 e. The molecule has 7 heteroatoms. The van der Waals surface area contributed by atoms with Crippen LogP contribution in [-0.4, -0.2) is 31.8 Å². The summed E-state index contributed by atoms with van der Waals surface area (Å²) in [7, 11) is 0. The van der Waals surface area contributed by atoms with Crippen LogP contribution in [-0.2, 0) is 0 Å². The van der Waals surface area contributed by atoms with Crippen LogP contribution in [0.3, 0.4) is 0 Å². The highest BCUT2D eigenvalue weighted by molar-refractivity contribution is 5.91. The van der Waals surface area contributed by atoms with Gasteiger partial charge in [0.1, 0.15) is 0 Å². The lowest BCUT2D eigenvalue weighted by Crippen LogP contribution is -2.26. The summed E-state index contributed by atoms with van der Waals surface area (Å²) in [5.41, 5.74) is 0.637. The Morgan fingerprint density at radius 2 is 2.05 bits per heavy atom. The van der Waals surface area contributed by atoms with E-state index in [1.54, 1.807) is 4.68 Å². The van der Waals surface area contributed by atoms with Crippen molar-refractivity contribution in [2.75, 3.05) is 0 Å². The van der Waals surface area contributed by atoms with Gasteiger partial charge >= 0.3 is 5.97 Å². The van der Waals surface area contributed by atoms with Crippen molar-refractivity contribution in [1.82, 2.24) is 14.8 Å². The van der Waals surface area contributed by atoms with Crippen molar-refractivity contribution in [2.24, 2.45) is 0 Å². The molecule has 1 aliphatic carbocycles. The maximum absolute atomic E-state index is 13.2. The number of carboxylic acids is 1. The average Bonchev–Trinajstić information content (AvgIpc) is 2.81. The van der Waals surface area contributed by atoms with Crippen molar-refractivity contribution in [3.63, 3.8) is 0 Å². The first kappa shape index (κ1) is 13.0. The standard InChI is InChI=1S/C13H13F2N3O2/c14-13(15)3-1-10(2-4-13)18-11-8(7-17-18)5-9(6-16-11)12(19)20/h5-7,10H,1-4H2,(H,19,20). The van der Waals surface area contributed by atoms with Gasteiger partial charge in [0.25, 0.3) is 0 Å². The maximum Gasteiger partial charge on any atom is 0.337 e. The van der Waals surface area contributed by atoms with E-state index in [4.69, 9.17) is 5.11 Å². The highest BCUT2D eigenvalue weighted by atomic mass is 19.3. The molecule has 0 aliphatic heterocycles. The predicted octanol–water partition coefficient (Wildman–Crippen LogP) is 2.88. The van der Waals surface area contributed by atoms with E-state index in [1.165, 1.54) is 18.5 Å². The van der Waals surface area contributed by atoms with Gasteiger partial charge in [0.15, 0.2) is 5.65 Å². The van der Waals surface area contributed by atoms with E-state index in [-0.39, 0.29) is 24.4 Å². The lowest BCUT2D eigenvalue weighted by Gasteiger charge is -2.28. The Bertz CT molecular complexity index is 659. The SMILES string of the molecule is O=C(O)c1cnc2c(cnn2C2CCC(F)(F)CC2)c1. The number of carboxylic acid groups (broad SMARTS) is 1. The van der Waals surface area contributed by atoms with Gasteiger partial charge in [-0.2, -0.15) is 5.10 Å². The first-order valence-electron chi connectivity index (χ1n) is 6.41. The smallest absolute Gasteiger partial charge is 0.337 e. The van der Waals surface area contributed by atoms with E-state index in [9.17, 15) is 13.6 Å². The molecule has 0 bridgehead atoms. The topological polar surface area (TPSA) is 68.0 Å². The van der Waals surface area contributed by atoms with Crippen molar-refractivity contribution in [1.29, 1.82) is 0 Å². The number of aromatic nitrogens is 3. The van der Waals surface area contributed by atoms with Crippen LogP contribution in [0.15, 0.2) is 18.5 Å². The van der Waals surface area contributed by atoms with Gasteiger partial charge < -0.3 is 5.11 Å². The zero-order chi connectivity index (χ0) is 14.3. The summed E-state index contributed by atoms with van der Waals surface area (Å²) in [6.07, 6.45) is 3.21. The summed E-state index contributed by atoms with van der Waals surface area (Å²) in [4.78, 5) is 15.0. The molecular weight excluding hydrogens is 268 g/mol. The number of alkyl halides is 2. The fraction of sp³-hybridized carbons (Fsp3) is 0.462. The van der Waals surface area contributed by atoms with Crippen molar-refractivity contribution in [2.45, 2.75) is 37.6 Å². The summed E-state index contributed by atoms with van der Waals surface area (Å²) in [6, 6.07) is 1.39. The Labute approximate surface area is 113 Å². The van der Waals surface area contributed by atoms with Crippen molar-refractivity contribution in [3.8, 4) is 0 Å². The van der Waals surface area contributed by atoms with Crippen LogP contribution in [0.5, 0.6) is 0 Å². The van der Waals surface area contributed by atoms with E-state index in [0.29, 0.717) is 23.9 Å². The molecule has 106 valence electrons. The van der Waals surface area contributed by atoms with E-state index in [1.807, 2.05) is 0 Å². The molecule has 2 aromatic heterocycles. The summed E-state index contributed by atoms with van der Waals surface area (Å²) < 4.78 is 28.0. The number of pyridine rings is 1. The summed E-state index contributed by atoms with van der Waals surface area (Å²) in [5, 5.41) is 13.7. The molecule has 5 nitrogen and oxygen atoms in total. The number of nitrogens with zero attached hydrogens (tertiary/aromatic N) is 3. The van der Waals surface area contributed by atoms with Gasteiger partial charge in [-0.1, -0.05) is 0 Å². The Morgan fingerprint density at radius 1 is 1.35 bits per heavy atom. The third-order valence-electron chi connectivity index (χ3n) is 3.71. The third-order valence-corrected chi connectivity index (χ3v) is 3.71. The van der Waals surface area contributed by atoms with Gasteiger partial charge in [0.2, 0.25) is 5.92 Å². The molecule has 20 heavy (non-hydrogen) atoms. The first-order chi connectivity index (χ1) is 9.46. The zero-order valence-corrected chi connectivity index (χ0v) is 10.6. The molecule has 0 unspecified atom stereocenters. The Balaban J connectivity index is 1.91. The van der Waals surface area contributed by atoms with Gasteiger partial charge in [-0.3, -0.25) is 0 Å². The second-order valence-electron chi connectivity index (χ2n) is 5.12. The molecule has 0 atom stereocenters. The molecule has 0 spiro atoms. The van der Waals surface area contributed by atoms with Crippen molar-refractivity contribution < 1.29 is 18.7 Å². The molecular formula is C13H13F2N3O2. The number of rotatable bonds is 2. The summed E-state index contributed by atoms with van der Waals surface area (Å²) in [5.74, 6) is -3.63. The Morgan fingerprint density at radius 3 is 2.70 bits per heavy atom. The minimum atomic E-state index is -2.58. The van der Waals surface area contributed by atoms with Gasteiger partial charge in [-0.25, -0.2) is 23.2 Å². The van der Waals surface area contributed by atoms with Crippen LogP contribution in [0.25, 0.3) is 11.0 Å². The lowest BCUT2D eigenvalue weighted by atomic mass is 9.92. The molecule has 1 N–H and O–H groups in total. The zero-order valence-electron chi connectivity index (χ0n) is 10.6. The van der Waals surface area contributed by atoms with Crippen LogP contribution >= 0.6 is 0 Å². The molecule has 1 saturated carbocycles. The van der Waals surface area contributed by atoms with Crippen LogP contribution in [0.2, 0.25) is 0 Å². The van der Waals surface area contributed by atoms with Crippen LogP contribution in [0.4, 0.5) is 8.78 Å². The first-order valence-corrected chi connectivity index (χ1v) is 6.41. The second kappa shape index (κ2) is 4.50. The fourth-order valence-corrected chi connectivity index (χ4v) is 2.59. The maximum atomic E-state index is 13.2. The van der Waals surface area contributed by atoms with Crippen molar-refractivity contribution >= 4 is 17.0 Å². The number of hydrogen-bond donors (Lipinski definition) is 1. The third kappa shape index (κ3) is 2.23. The van der Waals surface area contributed by atoms with E-state index >= 15 is 0 Å². The number of halogens is 2. The van der Waals surface area contributed by atoms with E-state index in [2.05, 4.69) is 10.1 Å². The molecule has 2 aromatic rings. The molecule has 3 rings (SSSR count). The van der Waals surface area contributed by atoms with Crippen LogP contribution in [0, 0.1) is 0 Å². The number of aromatic carboxylic acids is 1. The van der Waals surface area contributed by atoms with Gasteiger partial charge in [0, 0.05) is 24.4 Å². The summed E-state index contributed by atoms with van der Waals surface area (Å²) >= 11 is 0. The van der Waals surface area contributed by atoms with E-state index in [0.717, 1.165) is 0 Å². The summed E-state index contributed by atoms with van der Waals surface area (Å²) in [6.45, 7) is 0. The quantitative estimate of drug-likeness (QED) is 0.919. The normalized spacial score (nSPS) is 19.3. The minimum absolute atomic E-state index is 0.0900. The minimum Gasteiger partial charge on any atom is -0.478 e. The van der Waals surface area contributed by atoms with Gasteiger partial charge in [-0.05, 0) is 18.9 Å². The highest BCUT2D eigenvalue weighted by Crippen LogP contribution is 2.38. The van der Waals surface area contributed by atoms with Crippen LogP contribution < -0.4 is 0 Å². The molecule has 1 aliphatic rings. The lowest BCUT2D eigenvalue weighted by molar-refractivity contribution is -0.0446. The second-order valence-corrected chi connectivity index (χ2v) is 5.12. The molecule has 0 saturated heterocycles. The van der Waals surface area contributed by atoms with Gasteiger partial charge in [0.05, 0.1) is 17.8 Å². The molecule has 0 radical (unpaired) electrons. The predicted molar refractivity (Wildman–Crippen MR) is 66.9 cm³/mol. The van der Waals surface area contributed by atoms with Crippen molar-refractivity contribution in [3.05, 3.63) is 24.0 Å². The number of hydrogen-bond acceptors (Lipinski definition) is 3. The Hall–Kier alpha value is -2.05. The number of fused-ring (bicyclic) bond motifs is 1. The number of carbonyl (C=O) groups is 1. The molecule has 0 amide bonds. The molecule has 0 aromatic carbocycles. The fourth-order valence-electron chi connectivity index (χ4n) is 2.59. The highest BCUT2D eigenvalue weighted by Gasteiger charge is 2.36. The van der Waals surface area contributed by atoms with Crippen LogP contribution in [0.1, 0.15) is 42.1 Å².